The topological polar surface area (TPSA) is 47.9 Å². The van der Waals surface area contributed by atoms with Crippen LogP contribution in [-0.2, 0) is 4.74 Å². The quantitative estimate of drug-likeness (QED) is 0.709. The summed E-state index contributed by atoms with van der Waals surface area (Å²) in [6.07, 6.45) is 0.133. The molecule has 0 saturated heterocycles. The predicted molar refractivity (Wildman–Crippen MR) is 79.4 cm³/mol. The van der Waals surface area contributed by atoms with Crippen LogP contribution in [0.1, 0.15) is 46.6 Å². The van der Waals surface area contributed by atoms with Crippen LogP contribution in [0.4, 0.5) is 0 Å². The molecule has 1 aromatic rings. The third-order valence-electron chi connectivity index (χ3n) is 2.81. The number of ether oxygens (including phenoxy) is 3. The number of hydrogen-bond donors (Lipinski definition) is 1. The van der Waals surface area contributed by atoms with Crippen LogP contribution < -0.4 is 9.47 Å². The molecule has 0 fully saturated rings. The number of rotatable bonds is 9. The molecule has 4 heteroatoms. The fraction of sp³-hybridized carbons (Fsp3) is 0.625. The number of hydrogen-bond acceptors (Lipinski definition) is 4. The van der Waals surface area contributed by atoms with Gasteiger partial charge in [0.15, 0.2) is 11.5 Å². The Morgan fingerprint density at radius 1 is 1.20 bits per heavy atom. The van der Waals surface area contributed by atoms with E-state index in [2.05, 4.69) is 4.74 Å². The molecule has 0 radical (unpaired) electrons. The van der Waals surface area contributed by atoms with E-state index in [0.717, 1.165) is 0 Å². The Morgan fingerprint density at radius 2 is 2.05 bits per heavy atom. The third kappa shape index (κ3) is 5.39. The minimum absolute atomic E-state index is 0.0262. The monoisotopic (exact) mass is 288 g/mol. The van der Waals surface area contributed by atoms with Crippen LogP contribution in [0.3, 0.4) is 0 Å². The summed E-state index contributed by atoms with van der Waals surface area (Å²) in [5, 5.41) is 10.2. The van der Waals surface area contributed by atoms with Crippen LogP contribution in [0.2, 0.25) is 0 Å². The summed E-state index contributed by atoms with van der Waals surface area (Å²) in [5.41, 5.74) is 0.588. The van der Waals surface area contributed by atoms with Crippen LogP contribution in [-0.4, -0.2) is 32.4 Å². The molecule has 0 aliphatic heterocycles. The zero-order valence-corrected chi connectivity index (χ0v) is 11.9. The first-order valence-electron chi connectivity index (χ1n) is 9.65. The highest BCUT2D eigenvalue weighted by molar-refractivity contribution is 5.43. The maximum absolute atomic E-state index is 10.2. The summed E-state index contributed by atoms with van der Waals surface area (Å²) in [6.45, 7) is 4.05. The molecule has 1 unspecified atom stereocenters. The lowest BCUT2D eigenvalue weighted by molar-refractivity contribution is 0.149. The molecule has 0 aromatic heterocycles. The number of aliphatic hydroxyl groups excluding tert-OH is 1. The summed E-state index contributed by atoms with van der Waals surface area (Å²) in [4.78, 5) is 0. The van der Waals surface area contributed by atoms with Gasteiger partial charge < -0.3 is 19.3 Å². The average Bonchev–Trinajstić information content (AvgIpc) is 2.44. The normalized spacial score (nSPS) is 18.2. The van der Waals surface area contributed by atoms with Gasteiger partial charge in [0.25, 0.3) is 0 Å². The Labute approximate surface area is 130 Å². The first-order valence-corrected chi connectivity index (χ1v) is 6.65. The van der Waals surface area contributed by atoms with Gasteiger partial charge in [0.2, 0.25) is 0 Å². The molecule has 0 aliphatic carbocycles. The zero-order chi connectivity index (χ0) is 20.0. The maximum Gasteiger partial charge on any atom is 0.161 e. The van der Waals surface area contributed by atoms with Gasteiger partial charge in [-0.1, -0.05) is 19.9 Å². The van der Waals surface area contributed by atoms with Crippen molar-refractivity contribution in [3.63, 3.8) is 0 Å². The Hall–Kier alpha value is -1.26. The van der Waals surface area contributed by atoms with Crippen LogP contribution >= 0.6 is 0 Å². The van der Waals surface area contributed by atoms with Gasteiger partial charge in [0.05, 0.1) is 28.0 Å². The van der Waals surface area contributed by atoms with Crippen LogP contribution in [0.25, 0.3) is 0 Å². The summed E-state index contributed by atoms with van der Waals surface area (Å²) < 4.78 is 57.7. The van der Waals surface area contributed by atoms with E-state index in [9.17, 15) is 5.11 Å². The van der Waals surface area contributed by atoms with E-state index in [1.165, 1.54) is 6.07 Å². The lowest BCUT2D eigenvalue weighted by Crippen LogP contribution is -2.05. The molecule has 4 nitrogen and oxygen atoms in total. The first kappa shape index (κ1) is 9.64. The third-order valence-corrected chi connectivity index (χ3v) is 2.81. The standard InChI is InChI=1S/C16H26O4/c1-12(2)10-14(17)13-6-7-15(19-4)16(11-13)20-9-5-8-18-3/h6-7,11-12,14,17H,5,8-10H2,1-4H3/i3D3,4D3. The largest absolute Gasteiger partial charge is 0.493 e. The molecule has 1 N–H and O–H groups in total. The molecular formula is C16H26O4. The lowest BCUT2D eigenvalue weighted by atomic mass is 9.99. The first-order chi connectivity index (χ1) is 11.9. The Balaban J connectivity index is 2.81. The van der Waals surface area contributed by atoms with Crippen molar-refractivity contribution in [2.75, 3.05) is 27.3 Å². The van der Waals surface area contributed by atoms with E-state index in [-0.39, 0.29) is 30.6 Å². The van der Waals surface area contributed by atoms with Gasteiger partial charge in [-0.05, 0) is 30.0 Å². The fourth-order valence-corrected chi connectivity index (χ4v) is 1.82. The van der Waals surface area contributed by atoms with Gasteiger partial charge in [-0.3, -0.25) is 0 Å². The summed E-state index contributed by atoms with van der Waals surface area (Å²) in [7, 11) is -5.10. The van der Waals surface area contributed by atoms with Crippen molar-refractivity contribution in [3.05, 3.63) is 23.8 Å². The van der Waals surface area contributed by atoms with Crippen LogP contribution in [0.15, 0.2) is 18.2 Å². The van der Waals surface area contributed by atoms with Gasteiger partial charge >= 0.3 is 0 Å². The molecule has 0 aliphatic rings. The van der Waals surface area contributed by atoms with Crippen molar-refractivity contribution in [1.82, 2.24) is 0 Å². The Morgan fingerprint density at radius 3 is 2.75 bits per heavy atom. The van der Waals surface area contributed by atoms with Gasteiger partial charge in [-0.2, -0.15) is 0 Å². The Kier molecular flexibility index (Phi) is 4.25. The minimum atomic E-state index is -2.64. The molecular weight excluding hydrogens is 256 g/mol. The van der Waals surface area contributed by atoms with Crippen molar-refractivity contribution in [2.45, 2.75) is 32.8 Å². The highest BCUT2D eigenvalue weighted by Gasteiger charge is 2.13. The highest BCUT2D eigenvalue weighted by Crippen LogP contribution is 2.32. The van der Waals surface area contributed by atoms with E-state index in [1.807, 2.05) is 13.8 Å². The van der Waals surface area contributed by atoms with E-state index < -0.39 is 20.2 Å². The molecule has 0 saturated carbocycles. The average molecular weight is 288 g/mol. The minimum Gasteiger partial charge on any atom is -0.493 e. The number of aliphatic hydroxyl groups is 1. The molecule has 20 heavy (non-hydrogen) atoms. The second-order valence-corrected chi connectivity index (χ2v) is 5.00. The van der Waals surface area contributed by atoms with Gasteiger partial charge in [0, 0.05) is 20.1 Å². The van der Waals surface area contributed by atoms with Gasteiger partial charge in [-0.15, -0.1) is 0 Å². The molecule has 1 atom stereocenters. The van der Waals surface area contributed by atoms with Gasteiger partial charge in [-0.25, -0.2) is 0 Å². The molecule has 114 valence electrons. The van der Waals surface area contributed by atoms with Crippen LogP contribution in [0.5, 0.6) is 11.5 Å². The van der Waals surface area contributed by atoms with Crippen molar-refractivity contribution >= 4 is 0 Å². The van der Waals surface area contributed by atoms with Gasteiger partial charge in [0.1, 0.15) is 0 Å². The van der Waals surface area contributed by atoms with Crippen molar-refractivity contribution < 1.29 is 27.5 Å². The second kappa shape index (κ2) is 8.82. The summed E-state index contributed by atoms with van der Waals surface area (Å²) in [6, 6.07) is 4.58. The SMILES string of the molecule is [2H]C([2H])([2H])OCCCOc1cc(C(O)CC(C)C)ccc1OC([2H])([2H])[2H]. The van der Waals surface area contributed by atoms with Crippen LogP contribution in [0, 0.1) is 5.92 Å². The molecule has 0 spiro atoms. The number of methoxy groups -OCH3 is 2. The zero-order valence-electron chi connectivity index (χ0n) is 17.9. The molecule has 0 bridgehead atoms. The van der Waals surface area contributed by atoms with E-state index in [0.29, 0.717) is 18.4 Å². The second-order valence-electron chi connectivity index (χ2n) is 5.00. The maximum atomic E-state index is 10.2. The van der Waals surface area contributed by atoms with E-state index in [4.69, 9.17) is 17.7 Å². The molecule has 1 aromatic carbocycles. The predicted octanol–water partition coefficient (Wildman–Crippen LogP) is 3.19. The molecule has 0 amide bonds. The summed E-state index contributed by atoms with van der Waals surface area (Å²) in [5.74, 6) is 0.488. The smallest absolute Gasteiger partial charge is 0.161 e. The van der Waals surface area contributed by atoms with Crippen molar-refractivity contribution in [1.29, 1.82) is 0 Å². The highest BCUT2D eigenvalue weighted by atomic mass is 16.5. The van der Waals surface area contributed by atoms with Crippen molar-refractivity contribution in [2.24, 2.45) is 5.92 Å². The van der Waals surface area contributed by atoms with E-state index in [1.54, 1.807) is 12.1 Å². The molecule has 1 rings (SSSR count). The van der Waals surface area contributed by atoms with E-state index >= 15 is 0 Å². The summed E-state index contributed by atoms with van der Waals surface area (Å²) >= 11 is 0. The van der Waals surface area contributed by atoms with Crippen molar-refractivity contribution in [3.8, 4) is 11.5 Å². The lowest BCUT2D eigenvalue weighted by Gasteiger charge is -2.16. The Bertz CT molecular complexity index is 557. The fourth-order valence-electron chi connectivity index (χ4n) is 1.82. The molecule has 0 heterocycles. The number of benzene rings is 1.